The first kappa shape index (κ1) is 18.1. The van der Waals surface area contributed by atoms with Crippen LogP contribution < -0.4 is 0 Å². The van der Waals surface area contributed by atoms with Gasteiger partial charge in [-0.1, -0.05) is 39.8 Å². The molecule has 0 aromatic heterocycles. The van der Waals surface area contributed by atoms with Crippen molar-refractivity contribution < 1.29 is 4.92 Å². The molecule has 0 heterocycles. The van der Waals surface area contributed by atoms with E-state index in [2.05, 4.69) is 48.5 Å². The Balaban J connectivity index is 3.03. The first-order valence-corrected chi connectivity index (χ1v) is 8.35. The predicted octanol–water partition coefficient (Wildman–Crippen LogP) is 5.00. The molecule has 5 heteroatoms. The van der Waals surface area contributed by atoms with Crippen molar-refractivity contribution in [2.45, 2.75) is 53.1 Å². The Labute approximate surface area is 135 Å². The van der Waals surface area contributed by atoms with Gasteiger partial charge < -0.3 is 0 Å². The van der Waals surface area contributed by atoms with E-state index >= 15 is 0 Å². The molecule has 21 heavy (non-hydrogen) atoms. The van der Waals surface area contributed by atoms with Crippen LogP contribution in [0, 0.1) is 16.0 Å². The lowest BCUT2D eigenvalue weighted by molar-refractivity contribution is -0.385. The zero-order valence-corrected chi connectivity index (χ0v) is 14.9. The minimum absolute atomic E-state index is 0.140. The average Bonchev–Trinajstić information content (AvgIpc) is 2.41. The standard InChI is InChI=1S/C16H25BrN2O2/c1-5-14(6-2)18(10-12(3)4)11-13-8-7-9-15(16(13)17)19(20)21/h7-9,12,14H,5-6,10-11H2,1-4H3. The van der Waals surface area contributed by atoms with Crippen LogP contribution in [0.5, 0.6) is 0 Å². The molecular formula is C16H25BrN2O2. The number of hydrogen-bond donors (Lipinski definition) is 0. The van der Waals surface area contributed by atoms with Crippen molar-refractivity contribution in [2.75, 3.05) is 6.54 Å². The summed E-state index contributed by atoms with van der Waals surface area (Å²) >= 11 is 3.40. The molecule has 0 aliphatic carbocycles. The molecule has 0 fully saturated rings. The van der Waals surface area contributed by atoms with Crippen molar-refractivity contribution in [2.24, 2.45) is 5.92 Å². The fourth-order valence-corrected chi connectivity index (χ4v) is 3.20. The molecule has 4 nitrogen and oxygen atoms in total. The van der Waals surface area contributed by atoms with Crippen molar-refractivity contribution in [1.29, 1.82) is 0 Å². The number of benzene rings is 1. The highest BCUT2D eigenvalue weighted by Crippen LogP contribution is 2.30. The van der Waals surface area contributed by atoms with Crippen molar-refractivity contribution in [3.8, 4) is 0 Å². The molecule has 118 valence electrons. The second kappa shape index (κ2) is 8.49. The number of nitrogens with zero attached hydrogens (tertiary/aromatic N) is 2. The van der Waals surface area contributed by atoms with Crippen LogP contribution in [-0.4, -0.2) is 22.4 Å². The zero-order valence-electron chi connectivity index (χ0n) is 13.3. The Morgan fingerprint density at radius 3 is 2.38 bits per heavy atom. The van der Waals surface area contributed by atoms with Gasteiger partial charge in [0.1, 0.15) is 0 Å². The van der Waals surface area contributed by atoms with Gasteiger partial charge in [0, 0.05) is 25.2 Å². The number of nitro groups is 1. The molecule has 0 saturated carbocycles. The van der Waals surface area contributed by atoms with Crippen LogP contribution in [0.3, 0.4) is 0 Å². The molecule has 0 aliphatic heterocycles. The smallest absolute Gasteiger partial charge is 0.283 e. The molecule has 0 spiro atoms. The van der Waals surface area contributed by atoms with E-state index in [4.69, 9.17) is 0 Å². The Kier molecular flexibility index (Phi) is 7.32. The van der Waals surface area contributed by atoms with Crippen molar-refractivity contribution in [3.05, 3.63) is 38.3 Å². The highest BCUT2D eigenvalue weighted by Gasteiger charge is 2.20. The molecule has 0 atom stereocenters. The summed E-state index contributed by atoms with van der Waals surface area (Å²) in [5, 5.41) is 11.0. The zero-order chi connectivity index (χ0) is 16.0. The fraction of sp³-hybridized carbons (Fsp3) is 0.625. The van der Waals surface area contributed by atoms with Gasteiger partial charge in [-0.05, 0) is 40.3 Å². The Morgan fingerprint density at radius 2 is 1.90 bits per heavy atom. The van der Waals surface area contributed by atoms with Crippen LogP contribution in [0.15, 0.2) is 22.7 Å². The van der Waals surface area contributed by atoms with E-state index in [1.54, 1.807) is 6.07 Å². The molecule has 0 aliphatic rings. The molecule has 0 radical (unpaired) electrons. The highest BCUT2D eigenvalue weighted by molar-refractivity contribution is 9.10. The number of halogens is 1. The summed E-state index contributed by atoms with van der Waals surface area (Å²) < 4.78 is 0.606. The van der Waals surface area contributed by atoms with Gasteiger partial charge in [-0.3, -0.25) is 15.0 Å². The van der Waals surface area contributed by atoms with Crippen LogP contribution in [0.2, 0.25) is 0 Å². The van der Waals surface area contributed by atoms with Gasteiger partial charge in [0.15, 0.2) is 0 Å². The summed E-state index contributed by atoms with van der Waals surface area (Å²) in [6.07, 6.45) is 2.19. The maximum atomic E-state index is 11.0. The first-order valence-electron chi connectivity index (χ1n) is 7.56. The highest BCUT2D eigenvalue weighted by atomic mass is 79.9. The Hall–Kier alpha value is -0.940. The van der Waals surface area contributed by atoms with Crippen LogP contribution in [-0.2, 0) is 6.54 Å². The molecule has 0 amide bonds. The summed E-state index contributed by atoms with van der Waals surface area (Å²) in [7, 11) is 0. The van der Waals surface area contributed by atoms with Crippen LogP contribution in [0.1, 0.15) is 46.1 Å². The van der Waals surface area contributed by atoms with E-state index in [0.717, 1.165) is 31.5 Å². The Bertz CT molecular complexity index is 473. The van der Waals surface area contributed by atoms with E-state index < -0.39 is 0 Å². The molecule has 0 bridgehead atoms. The minimum atomic E-state index is -0.336. The molecule has 0 unspecified atom stereocenters. The van der Waals surface area contributed by atoms with Gasteiger partial charge in [-0.25, -0.2) is 0 Å². The third kappa shape index (κ3) is 5.08. The van der Waals surface area contributed by atoms with Crippen molar-refractivity contribution in [3.63, 3.8) is 0 Å². The van der Waals surface area contributed by atoms with Gasteiger partial charge in [0.2, 0.25) is 0 Å². The van der Waals surface area contributed by atoms with E-state index in [1.165, 1.54) is 6.07 Å². The first-order chi connectivity index (χ1) is 9.90. The minimum Gasteiger partial charge on any atom is -0.296 e. The van der Waals surface area contributed by atoms with E-state index in [-0.39, 0.29) is 10.6 Å². The fourth-order valence-electron chi connectivity index (χ4n) is 2.66. The van der Waals surface area contributed by atoms with Crippen LogP contribution >= 0.6 is 15.9 Å². The summed E-state index contributed by atoms with van der Waals surface area (Å²) in [6, 6.07) is 5.78. The van der Waals surface area contributed by atoms with E-state index in [1.807, 2.05) is 6.07 Å². The third-order valence-electron chi connectivity index (χ3n) is 3.69. The molecule has 0 saturated heterocycles. The summed E-state index contributed by atoms with van der Waals surface area (Å²) in [6.45, 7) is 10.6. The van der Waals surface area contributed by atoms with Gasteiger partial charge in [0.25, 0.3) is 5.69 Å². The molecule has 0 N–H and O–H groups in total. The van der Waals surface area contributed by atoms with Gasteiger partial charge in [-0.15, -0.1) is 0 Å². The topological polar surface area (TPSA) is 46.4 Å². The normalized spacial score (nSPS) is 11.6. The lowest BCUT2D eigenvalue weighted by Crippen LogP contribution is -2.36. The lowest BCUT2D eigenvalue weighted by Gasteiger charge is -2.32. The van der Waals surface area contributed by atoms with Gasteiger partial charge in [-0.2, -0.15) is 0 Å². The third-order valence-corrected chi connectivity index (χ3v) is 4.60. The summed E-state index contributed by atoms with van der Waals surface area (Å²) in [5.41, 5.74) is 1.12. The summed E-state index contributed by atoms with van der Waals surface area (Å²) in [4.78, 5) is 13.1. The second-order valence-electron chi connectivity index (χ2n) is 5.80. The molecule has 1 aromatic carbocycles. The molecular weight excluding hydrogens is 332 g/mol. The average molecular weight is 357 g/mol. The monoisotopic (exact) mass is 356 g/mol. The number of nitro benzene ring substituents is 1. The predicted molar refractivity (Wildman–Crippen MR) is 90.4 cm³/mol. The molecule has 1 aromatic rings. The van der Waals surface area contributed by atoms with Gasteiger partial charge in [0.05, 0.1) is 9.40 Å². The maximum absolute atomic E-state index is 11.0. The van der Waals surface area contributed by atoms with Crippen molar-refractivity contribution >= 4 is 21.6 Å². The van der Waals surface area contributed by atoms with E-state index in [9.17, 15) is 10.1 Å². The SMILES string of the molecule is CCC(CC)N(Cc1cccc([N+](=O)[O-])c1Br)CC(C)C. The summed E-state index contributed by atoms with van der Waals surface area (Å²) in [5.74, 6) is 0.572. The van der Waals surface area contributed by atoms with Crippen molar-refractivity contribution in [1.82, 2.24) is 4.90 Å². The largest absolute Gasteiger partial charge is 0.296 e. The quantitative estimate of drug-likeness (QED) is 0.486. The van der Waals surface area contributed by atoms with Gasteiger partial charge >= 0.3 is 0 Å². The van der Waals surface area contributed by atoms with Crippen LogP contribution in [0.4, 0.5) is 5.69 Å². The Morgan fingerprint density at radius 1 is 1.29 bits per heavy atom. The lowest BCUT2D eigenvalue weighted by atomic mass is 10.1. The van der Waals surface area contributed by atoms with Crippen LogP contribution in [0.25, 0.3) is 0 Å². The second-order valence-corrected chi connectivity index (χ2v) is 6.59. The number of rotatable bonds is 8. The molecule has 1 rings (SSSR count). The number of hydrogen-bond acceptors (Lipinski definition) is 3. The van der Waals surface area contributed by atoms with E-state index in [0.29, 0.717) is 16.4 Å². The maximum Gasteiger partial charge on any atom is 0.283 e.